The summed E-state index contributed by atoms with van der Waals surface area (Å²) < 4.78 is 0. The molecule has 1 aromatic heterocycles. The number of piperidine rings is 1. The summed E-state index contributed by atoms with van der Waals surface area (Å²) in [5.74, 6) is 0.533. The molecule has 0 radical (unpaired) electrons. The lowest BCUT2D eigenvalue weighted by atomic mass is 9.60. The first-order valence-corrected chi connectivity index (χ1v) is 12.3. The summed E-state index contributed by atoms with van der Waals surface area (Å²) in [6.45, 7) is 7.77. The van der Waals surface area contributed by atoms with E-state index in [9.17, 15) is 9.59 Å². The topological polar surface area (TPSA) is 56.8 Å². The maximum absolute atomic E-state index is 13.7. The highest BCUT2D eigenvalue weighted by Crippen LogP contribution is 2.58. The van der Waals surface area contributed by atoms with E-state index >= 15 is 0 Å². The van der Waals surface area contributed by atoms with E-state index in [4.69, 9.17) is 0 Å². The summed E-state index contributed by atoms with van der Waals surface area (Å²) in [5, 5.41) is 0. The van der Waals surface area contributed by atoms with Crippen LogP contribution in [-0.2, 0) is 22.6 Å². The minimum atomic E-state index is -0.320. The Morgan fingerprint density at radius 3 is 2.39 bits per heavy atom. The van der Waals surface area contributed by atoms with Gasteiger partial charge in [0.25, 0.3) is 0 Å². The average Bonchev–Trinajstić information content (AvgIpc) is 3.32. The van der Waals surface area contributed by atoms with Gasteiger partial charge in [-0.25, -0.2) is 0 Å². The van der Waals surface area contributed by atoms with Gasteiger partial charge in [0.05, 0.1) is 11.8 Å². The molecular formula is C27H34N4O2. The molecule has 2 spiro atoms. The van der Waals surface area contributed by atoms with E-state index in [2.05, 4.69) is 22.9 Å². The molecule has 0 bridgehead atoms. The molecule has 2 amide bonds. The summed E-state index contributed by atoms with van der Waals surface area (Å²) >= 11 is 0. The Morgan fingerprint density at radius 1 is 0.970 bits per heavy atom. The first-order chi connectivity index (χ1) is 16.1. The van der Waals surface area contributed by atoms with Crippen LogP contribution in [0.25, 0.3) is 0 Å². The van der Waals surface area contributed by atoms with Crippen molar-refractivity contribution < 1.29 is 9.59 Å². The van der Waals surface area contributed by atoms with Crippen molar-refractivity contribution in [1.29, 1.82) is 0 Å². The number of nitrogens with zero attached hydrogens (tertiary/aromatic N) is 4. The first kappa shape index (κ1) is 22.1. The third-order valence-corrected chi connectivity index (χ3v) is 8.32. The molecular weight excluding hydrogens is 412 g/mol. The molecule has 0 N–H and O–H groups in total. The standard InChI is InChI=1S/C27H34N4O2/c1-2-30-16-12-27(25(30)33)21-29(19-23-9-6-13-28-18-23)20-26(27)10-14-31(15-11-26)24(32)17-22-7-4-3-5-8-22/h3-9,13,18H,2,10-12,14-17,19-21H2,1H3. The third kappa shape index (κ3) is 3.95. The Balaban J connectivity index is 1.33. The number of fused-ring (bicyclic) bond motifs is 1. The third-order valence-electron chi connectivity index (χ3n) is 8.32. The van der Waals surface area contributed by atoms with Crippen molar-refractivity contribution in [1.82, 2.24) is 19.7 Å². The molecule has 33 heavy (non-hydrogen) atoms. The van der Waals surface area contributed by atoms with E-state index in [1.165, 1.54) is 5.56 Å². The SMILES string of the molecule is CCN1CCC2(CN(Cc3cccnc3)CC23CCN(C(=O)Cc2ccccc2)CC3)C1=O. The summed E-state index contributed by atoms with van der Waals surface area (Å²) in [4.78, 5) is 37.5. The molecule has 0 saturated carbocycles. The van der Waals surface area contributed by atoms with E-state index in [0.717, 1.165) is 70.6 Å². The predicted molar refractivity (Wildman–Crippen MR) is 127 cm³/mol. The zero-order valence-corrected chi connectivity index (χ0v) is 19.6. The van der Waals surface area contributed by atoms with Crippen LogP contribution < -0.4 is 0 Å². The van der Waals surface area contributed by atoms with Gasteiger partial charge in [0, 0.05) is 63.6 Å². The number of likely N-dealkylation sites (tertiary alicyclic amines) is 3. The zero-order valence-electron chi connectivity index (χ0n) is 19.6. The molecule has 6 heteroatoms. The number of amides is 2. The van der Waals surface area contributed by atoms with Crippen molar-refractivity contribution in [3.8, 4) is 0 Å². The van der Waals surface area contributed by atoms with Gasteiger partial charge in [-0.3, -0.25) is 19.5 Å². The van der Waals surface area contributed by atoms with Crippen LogP contribution in [0.3, 0.4) is 0 Å². The number of pyridine rings is 1. The molecule has 5 rings (SSSR count). The molecule has 1 unspecified atom stereocenters. The molecule has 3 fully saturated rings. The normalized spacial score (nSPS) is 24.8. The summed E-state index contributed by atoms with van der Waals surface area (Å²) in [7, 11) is 0. The van der Waals surface area contributed by atoms with Crippen LogP contribution in [0.1, 0.15) is 37.3 Å². The molecule has 4 heterocycles. The molecule has 3 aliphatic rings. The number of benzene rings is 1. The van der Waals surface area contributed by atoms with E-state index < -0.39 is 0 Å². The highest BCUT2D eigenvalue weighted by molar-refractivity contribution is 5.87. The van der Waals surface area contributed by atoms with E-state index in [-0.39, 0.29) is 16.7 Å². The smallest absolute Gasteiger partial charge is 0.230 e. The van der Waals surface area contributed by atoms with Crippen molar-refractivity contribution in [3.63, 3.8) is 0 Å². The maximum atomic E-state index is 13.7. The van der Waals surface area contributed by atoms with Crippen molar-refractivity contribution in [3.05, 3.63) is 66.0 Å². The van der Waals surface area contributed by atoms with Crippen molar-refractivity contribution in [2.45, 2.75) is 39.2 Å². The Hall–Kier alpha value is -2.73. The van der Waals surface area contributed by atoms with Gasteiger partial charge >= 0.3 is 0 Å². The van der Waals surface area contributed by atoms with Crippen molar-refractivity contribution in [2.75, 3.05) is 39.3 Å². The molecule has 1 aromatic carbocycles. The van der Waals surface area contributed by atoms with Gasteiger partial charge in [-0.15, -0.1) is 0 Å². The predicted octanol–water partition coefficient (Wildman–Crippen LogP) is 2.99. The fourth-order valence-electron chi connectivity index (χ4n) is 6.53. The molecule has 174 valence electrons. The van der Waals surface area contributed by atoms with E-state index in [0.29, 0.717) is 12.3 Å². The number of carbonyl (C=O) groups is 2. The molecule has 1 atom stereocenters. The lowest BCUT2D eigenvalue weighted by Crippen LogP contribution is -2.53. The van der Waals surface area contributed by atoms with E-state index in [1.54, 1.807) is 6.20 Å². The Labute approximate surface area is 196 Å². The highest BCUT2D eigenvalue weighted by atomic mass is 16.2. The van der Waals surface area contributed by atoms with Gasteiger partial charge in [-0.05, 0) is 43.4 Å². The van der Waals surface area contributed by atoms with Gasteiger partial charge in [0.15, 0.2) is 0 Å². The summed E-state index contributed by atoms with van der Waals surface area (Å²) in [5.41, 5.74) is 1.88. The molecule has 3 saturated heterocycles. The van der Waals surface area contributed by atoms with Crippen molar-refractivity contribution in [2.24, 2.45) is 10.8 Å². The number of hydrogen-bond acceptors (Lipinski definition) is 4. The van der Waals surface area contributed by atoms with Gasteiger partial charge in [-0.1, -0.05) is 36.4 Å². The van der Waals surface area contributed by atoms with Gasteiger partial charge in [-0.2, -0.15) is 0 Å². The highest BCUT2D eigenvalue weighted by Gasteiger charge is 2.64. The van der Waals surface area contributed by atoms with Crippen LogP contribution in [-0.4, -0.2) is 70.8 Å². The van der Waals surface area contributed by atoms with Gasteiger partial charge in [0.1, 0.15) is 0 Å². The van der Waals surface area contributed by atoms with E-state index in [1.807, 2.05) is 52.4 Å². The second-order valence-corrected chi connectivity index (χ2v) is 10.0. The molecule has 0 aliphatic carbocycles. The first-order valence-electron chi connectivity index (χ1n) is 12.3. The van der Waals surface area contributed by atoms with Crippen LogP contribution in [0, 0.1) is 10.8 Å². The van der Waals surface area contributed by atoms with Crippen LogP contribution in [0.4, 0.5) is 0 Å². The van der Waals surface area contributed by atoms with Gasteiger partial charge < -0.3 is 9.80 Å². The number of carbonyl (C=O) groups excluding carboxylic acids is 2. The number of aromatic nitrogens is 1. The monoisotopic (exact) mass is 446 g/mol. The lowest BCUT2D eigenvalue weighted by Gasteiger charge is -2.47. The second-order valence-electron chi connectivity index (χ2n) is 10.0. The van der Waals surface area contributed by atoms with Crippen LogP contribution in [0.2, 0.25) is 0 Å². The second kappa shape index (κ2) is 8.90. The molecule has 3 aliphatic heterocycles. The number of rotatable bonds is 5. The Morgan fingerprint density at radius 2 is 1.73 bits per heavy atom. The maximum Gasteiger partial charge on any atom is 0.230 e. The van der Waals surface area contributed by atoms with Crippen LogP contribution in [0.15, 0.2) is 54.9 Å². The minimum Gasteiger partial charge on any atom is -0.342 e. The zero-order chi connectivity index (χ0) is 22.9. The molecule has 6 nitrogen and oxygen atoms in total. The fraction of sp³-hybridized carbons (Fsp3) is 0.519. The largest absolute Gasteiger partial charge is 0.342 e. The van der Waals surface area contributed by atoms with Gasteiger partial charge in [0.2, 0.25) is 11.8 Å². The quantitative estimate of drug-likeness (QED) is 0.709. The fourth-order valence-corrected chi connectivity index (χ4v) is 6.53. The van der Waals surface area contributed by atoms with Crippen LogP contribution >= 0.6 is 0 Å². The van der Waals surface area contributed by atoms with Crippen LogP contribution in [0.5, 0.6) is 0 Å². The minimum absolute atomic E-state index is 0.0558. The number of hydrogen-bond donors (Lipinski definition) is 0. The average molecular weight is 447 g/mol. The Kier molecular flexibility index (Phi) is 5.95. The Bertz CT molecular complexity index is 988. The lowest BCUT2D eigenvalue weighted by molar-refractivity contribution is -0.143. The summed E-state index contributed by atoms with van der Waals surface area (Å²) in [6, 6.07) is 14.1. The van der Waals surface area contributed by atoms with Crippen molar-refractivity contribution >= 4 is 11.8 Å². The summed E-state index contributed by atoms with van der Waals surface area (Å²) in [6.07, 6.45) is 6.92. The molecule has 2 aromatic rings.